The fraction of sp³-hybridized carbons (Fsp3) is 0.520. The first-order chi connectivity index (χ1) is 16.0. The summed E-state index contributed by atoms with van der Waals surface area (Å²) in [7, 11) is 0. The number of rotatable bonds is 4. The molecule has 0 N–H and O–H groups in total. The van der Waals surface area contributed by atoms with Crippen LogP contribution in [0.2, 0.25) is 0 Å². The van der Waals surface area contributed by atoms with Crippen molar-refractivity contribution in [1.82, 2.24) is 14.8 Å². The minimum atomic E-state index is -0.426. The molecule has 3 heterocycles. The fourth-order valence-corrected chi connectivity index (χ4v) is 5.73. The van der Waals surface area contributed by atoms with E-state index >= 15 is 0 Å². The monoisotopic (exact) mass is 456 g/mol. The molecule has 0 radical (unpaired) electrons. The third-order valence-corrected chi connectivity index (χ3v) is 7.35. The van der Waals surface area contributed by atoms with E-state index in [4.69, 9.17) is 4.74 Å². The van der Waals surface area contributed by atoms with Crippen LogP contribution in [0.5, 0.6) is 0 Å². The van der Waals surface area contributed by atoms with Crippen molar-refractivity contribution in [1.29, 1.82) is 0 Å². The smallest absolute Gasteiger partial charge is 0.409 e. The number of aromatic nitrogens is 1. The van der Waals surface area contributed by atoms with E-state index in [1.54, 1.807) is 12.1 Å². The van der Waals surface area contributed by atoms with Crippen molar-refractivity contribution in [3.05, 3.63) is 48.2 Å². The molecule has 8 heteroatoms. The molecule has 1 aromatic heterocycles. The Bertz CT molecular complexity index is 1020. The third-order valence-electron chi connectivity index (χ3n) is 7.35. The van der Waals surface area contributed by atoms with E-state index in [1.807, 2.05) is 11.8 Å². The maximum atomic E-state index is 14.0. The SMILES string of the molecule is CCOC(=O)N1CC2(CC[C@@H](N3CCN(c4ncc(F)cc4-c4cccc(F)c4)CC3)C2)C1. The van der Waals surface area contributed by atoms with Gasteiger partial charge in [-0.25, -0.2) is 18.6 Å². The summed E-state index contributed by atoms with van der Waals surface area (Å²) in [4.78, 5) is 22.8. The van der Waals surface area contributed by atoms with Crippen LogP contribution in [0.3, 0.4) is 0 Å². The van der Waals surface area contributed by atoms with Crippen LogP contribution in [0.1, 0.15) is 26.2 Å². The Kier molecular flexibility index (Phi) is 5.95. The number of anilines is 1. The molecule has 1 aliphatic carbocycles. The number of amides is 1. The molecule has 3 aliphatic rings. The quantitative estimate of drug-likeness (QED) is 0.692. The lowest BCUT2D eigenvalue weighted by Crippen LogP contribution is -2.58. The van der Waals surface area contributed by atoms with E-state index in [9.17, 15) is 13.6 Å². The lowest BCUT2D eigenvalue weighted by molar-refractivity contribution is -0.00294. The molecule has 5 rings (SSSR count). The maximum absolute atomic E-state index is 14.0. The Morgan fingerprint density at radius 1 is 1.15 bits per heavy atom. The molecular formula is C25H30F2N4O2. The summed E-state index contributed by atoms with van der Waals surface area (Å²) in [6, 6.07) is 8.20. The van der Waals surface area contributed by atoms with Gasteiger partial charge in [-0.15, -0.1) is 0 Å². The van der Waals surface area contributed by atoms with Crippen LogP contribution in [0.25, 0.3) is 11.1 Å². The maximum Gasteiger partial charge on any atom is 0.409 e. The standard InChI is InChI=1S/C25H30F2N4O2/c1-2-33-24(32)31-16-25(17-31)7-6-21(14-25)29-8-10-30(11-9-29)23-22(13-20(27)15-28-23)18-4-3-5-19(26)12-18/h3-5,12-13,15,21H,2,6-11,14,16-17H2,1H3/t21-/m1/s1. The first kappa shape index (κ1) is 22.1. The Morgan fingerprint density at radius 2 is 1.94 bits per heavy atom. The van der Waals surface area contributed by atoms with E-state index in [0.717, 1.165) is 58.5 Å². The topological polar surface area (TPSA) is 48.9 Å². The van der Waals surface area contributed by atoms with Gasteiger partial charge in [0.2, 0.25) is 0 Å². The van der Waals surface area contributed by atoms with Gasteiger partial charge in [0.25, 0.3) is 0 Å². The van der Waals surface area contributed by atoms with Gasteiger partial charge in [0.05, 0.1) is 12.8 Å². The predicted molar refractivity (Wildman–Crippen MR) is 122 cm³/mol. The van der Waals surface area contributed by atoms with E-state index in [2.05, 4.69) is 14.8 Å². The van der Waals surface area contributed by atoms with Gasteiger partial charge in [0.1, 0.15) is 17.5 Å². The summed E-state index contributed by atoms with van der Waals surface area (Å²) in [5.41, 5.74) is 1.50. The number of carbonyl (C=O) groups excluding carboxylic acids is 1. The minimum absolute atomic E-state index is 0.193. The zero-order valence-electron chi connectivity index (χ0n) is 19.0. The molecule has 1 atom stereocenters. The van der Waals surface area contributed by atoms with E-state index in [-0.39, 0.29) is 17.3 Å². The Balaban J connectivity index is 1.21. The van der Waals surface area contributed by atoms with Crippen LogP contribution in [-0.4, -0.2) is 72.8 Å². The second-order valence-corrected chi connectivity index (χ2v) is 9.51. The minimum Gasteiger partial charge on any atom is -0.450 e. The largest absolute Gasteiger partial charge is 0.450 e. The molecule has 2 aromatic rings. The number of carbonyl (C=O) groups is 1. The highest BCUT2D eigenvalue weighted by atomic mass is 19.1. The Labute approximate surface area is 193 Å². The number of piperazine rings is 1. The molecule has 2 saturated heterocycles. The summed E-state index contributed by atoms with van der Waals surface area (Å²) in [5.74, 6) is -0.0703. The number of nitrogens with zero attached hydrogens (tertiary/aromatic N) is 4. The summed E-state index contributed by atoms with van der Waals surface area (Å²) < 4.78 is 32.9. The molecule has 33 heavy (non-hydrogen) atoms. The molecule has 3 fully saturated rings. The lowest BCUT2D eigenvalue weighted by Gasteiger charge is -2.48. The van der Waals surface area contributed by atoms with Crippen LogP contribution < -0.4 is 4.90 Å². The van der Waals surface area contributed by atoms with Crippen molar-refractivity contribution < 1.29 is 18.3 Å². The number of halogens is 2. The van der Waals surface area contributed by atoms with Crippen molar-refractivity contribution in [3.63, 3.8) is 0 Å². The van der Waals surface area contributed by atoms with Gasteiger partial charge in [-0.2, -0.15) is 0 Å². The highest BCUT2D eigenvalue weighted by molar-refractivity contribution is 5.76. The molecule has 0 bridgehead atoms. The lowest BCUT2D eigenvalue weighted by atomic mass is 9.78. The average molecular weight is 457 g/mol. The molecule has 1 amide bonds. The number of likely N-dealkylation sites (tertiary alicyclic amines) is 1. The van der Waals surface area contributed by atoms with Crippen molar-refractivity contribution in [3.8, 4) is 11.1 Å². The molecule has 0 unspecified atom stereocenters. The number of hydrogen-bond acceptors (Lipinski definition) is 5. The van der Waals surface area contributed by atoms with Crippen molar-refractivity contribution in [2.45, 2.75) is 32.2 Å². The first-order valence-corrected chi connectivity index (χ1v) is 11.8. The molecule has 1 spiro atoms. The van der Waals surface area contributed by atoms with Gasteiger partial charge in [-0.05, 0) is 49.9 Å². The third kappa shape index (κ3) is 4.40. The van der Waals surface area contributed by atoms with E-state index in [1.165, 1.54) is 24.4 Å². The van der Waals surface area contributed by atoms with E-state index < -0.39 is 5.82 Å². The van der Waals surface area contributed by atoms with Crippen LogP contribution in [0.15, 0.2) is 36.5 Å². The second-order valence-electron chi connectivity index (χ2n) is 9.51. The van der Waals surface area contributed by atoms with Crippen molar-refractivity contribution in [2.75, 3.05) is 50.8 Å². The van der Waals surface area contributed by atoms with Crippen LogP contribution in [-0.2, 0) is 4.74 Å². The van der Waals surface area contributed by atoms with Gasteiger partial charge in [-0.1, -0.05) is 12.1 Å². The molecule has 2 aliphatic heterocycles. The van der Waals surface area contributed by atoms with Gasteiger partial charge in [0.15, 0.2) is 0 Å². The number of benzene rings is 1. The fourth-order valence-electron chi connectivity index (χ4n) is 5.73. The second kappa shape index (κ2) is 8.89. The molecule has 176 valence electrons. The first-order valence-electron chi connectivity index (χ1n) is 11.8. The van der Waals surface area contributed by atoms with Crippen LogP contribution >= 0.6 is 0 Å². The summed E-state index contributed by atoms with van der Waals surface area (Å²) in [5, 5.41) is 0. The zero-order chi connectivity index (χ0) is 23.0. The number of ether oxygens (including phenoxy) is 1. The predicted octanol–water partition coefficient (Wildman–Crippen LogP) is 4.16. The zero-order valence-corrected chi connectivity index (χ0v) is 19.0. The summed E-state index contributed by atoms with van der Waals surface area (Å²) in [6.07, 6.45) is 4.46. The van der Waals surface area contributed by atoms with Gasteiger partial charge in [0, 0.05) is 56.3 Å². The van der Waals surface area contributed by atoms with Crippen LogP contribution in [0, 0.1) is 17.0 Å². The normalized spacial score (nSPS) is 22.5. The highest BCUT2D eigenvalue weighted by Crippen LogP contribution is 2.47. The van der Waals surface area contributed by atoms with E-state index in [0.29, 0.717) is 29.6 Å². The van der Waals surface area contributed by atoms with Gasteiger partial charge in [-0.3, -0.25) is 4.90 Å². The van der Waals surface area contributed by atoms with Crippen molar-refractivity contribution >= 4 is 11.9 Å². The summed E-state index contributed by atoms with van der Waals surface area (Å²) in [6.45, 7) is 7.25. The molecule has 1 saturated carbocycles. The number of hydrogen-bond donors (Lipinski definition) is 0. The van der Waals surface area contributed by atoms with Crippen molar-refractivity contribution in [2.24, 2.45) is 5.41 Å². The van der Waals surface area contributed by atoms with Crippen LogP contribution in [0.4, 0.5) is 19.4 Å². The highest BCUT2D eigenvalue weighted by Gasteiger charge is 2.51. The molecule has 1 aromatic carbocycles. The summed E-state index contributed by atoms with van der Waals surface area (Å²) >= 11 is 0. The number of pyridine rings is 1. The van der Waals surface area contributed by atoms with Gasteiger partial charge >= 0.3 is 6.09 Å². The Morgan fingerprint density at radius 3 is 2.67 bits per heavy atom. The molecular weight excluding hydrogens is 426 g/mol. The average Bonchev–Trinajstić information content (AvgIpc) is 3.24. The Hall–Kier alpha value is -2.74. The van der Waals surface area contributed by atoms with Gasteiger partial charge < -0.3 is 14.5 Å². The molecule has 6 nitrogen and oxygen atoms in total.